The van der Waals surface area contributed by atoms with Crippen LogP contribution in [0.1, 0.15) is 20.8 Å². The molecule has 1 aromatic carbocycles. The number of benzene rings is 1. The Labute approximate surface area is 155 Å². The highest BCUT2D eigenvalue weighted by Crippen LogP contribution is 2.26. The van der Waals surface area contributed by atoms with Crippen LogP contribution in [-0.2, 0) is 9.53 Å². The summed E-state index contributed by atoms with van der Waals surface area (Å²) in [6, 6.07) is 7.86. The van der Waals surface area contributed by atoms with E-state index in [-0.39, 0.29) is 24.2 Å². The number of para-hydroxylation sites is 1. The number of hydrogen-bond donors (Lipinski definition) is 0. The zero-order valence-corrected chi connectivity index (χ0v) is 16.1. The molecule has 25 heavy (non-hydrogen) atoms. The molecule has 2 aliphatic heterocycles. The number of carbonyl (C=O) groups is 1. The SMILES string of the molecule is C[C@@H]1CN(C(=O)[C@@H](C)N2CCN(c3ccccc3Cl)CC2)C[C@H](C)O1. The molecule has 5 nitrogen and oxygen atoms in total. The van der Waals surface area contributed by atoms with Crippen molar-refractivity contribution in [3.63, 3.8) is 0 Å². The number of piperazine rings is 1. The Morgan fingerprint density at radius 1 is 1.12 bits per heavy atom. The van der Waals surface area contributed by atoms with Gasteiger partial charge in [-0.3, -0.25) is 9.69 Å². The monoisotopic (exact) mass is 365 g/mol. The van der Waals surface area contributed by atoms with Crippen LogP contribution < -0.4 is 4.90 Å². The lowest BCUT2D eigenvalue weighted by atomic mass is 10.1. The summed E-state index contributed by atoms with van der Waals surface area (Å²) in [5.41, 5.74) is 1.08. The molecule has 0 spiro atoms. The largest absolute Gasteiger partial charge is 0.372 e. The lowest BCUT2D eigenvalue weighted by Crippen LogP contribution is -2.57. The lowest BCUT2D eigenvalue weighted by Gasteiger charge is -2.42. The normalized spacial score (nSPS) is 26.6. The quantitative estimate of drug-likeness (QED) is 0.824. The molecule has 0 aromatic heterocycles. The summed E-state index contributed by atoms with van der Waals surface area (Å²) < 4.78 is 5.74. The van der Waals surface area contributed by atoms with Crippen molar-refractivity contribution in [3.05, 3.63) is 29.3 Å². The number of amides is 1. The van der Waals surface area contributed by atoms with Gasteiger partial charge in [-0.2, -0.15) is 0 Å². The van der Waals surface area contributed by atoms with Crippen molar-refractivity contribution in [1.29, 1.82) is 0 Å². The van der Waals surface area contributed by atoms with Crippen molar-refractivity contribution >= 4 is 23.2 Å². The third-order valence-corrected chi connectivity index (χ3v) is 5.46. The Morgan fingerprint density at radius 2 is 1.72 bits per heavy atom. The lowest BCUT2D eigenvalue weighted by molar-refractivity contribution is -0.148. The summed E-state index contributed by atoms with van der Waals surface area (Å²) in [5, 5.41) is 0.788. The van der Waals surface area contributed by atoms with Gasteiger partial charge in [0.1, 0.15) is 0 Å². The van der Waals surface area contributed by atoms with Gasteiger partial charge in [0.2, 0.25) is 5.91 Å². The predicted octanol–water partition coefficient (Wildman–Crippen LogP) is 2.49. The number of hydrogen-bond acceptors (Lipinski definition) is 4. The smallest absolute Gasteiger partial charge is 0.239 e. The molecule has 2 heterocycles. The first-order chi connectivity index (χ1) is 12.0. The molecule has 2 fully saturated rings. The van der Waals surface area contributed by atoms with Crippen LogP contribution in [0.15, 0.2) is 24.3 Å². The number of halogens is 1. The van der Waals surface area contributed by atoms with E-state index in [1.54, 1.807) is 0 Å². The van der Waals surface area contributed by atoms with Crippen LogP contribution in [-0.4, -0.2) is 73.2 Å². The van der Waals surface area contributed by atoms with E-state index in [0.29, 0.717) is 13.1 Å². The van der Waals surface area contributed by atoms with Gasteiger partial charge in [-0.25, -0.2) is 0 Å². The number of carbonyl (C=O) groups excluding carboxylic acids is 1. The van der Waals surface area contributed by atoms with Gasteiger partial charge >= 0.3 is 0 Å². The maximum Gasteiger partial charge on any atom is 0.239 e. The fourth-order valence-electron chi connectivity index (χ4n) is 3.84. The number of rotatable bonds is 3. The minimum Gasteiger partial charge on any atom is -0.372 e. The maximum absolute atomic E-state index is 12.9. The second-order valence-electron chi connectivity index (χ2n) is 7.15. The number of anilines is 1. The standard InChI is InChI=1S/C19H28ClN3O2/c1-14-12-23(13-15(2)25-14)19(24)16(3)21-8-10-22(11-9-21)18-7-5-4-6-17(18)20/h4-7,14-16H,8-13H2,1-3H3/t14-,15+,16-/m1/s1. The molecule has 1 amide bonds. The van der Waals surface area contributed by atoms with E-state index < -0.39 is 0 Å². The molecule has 3 atom stereocenters. The third-order valence-electron chi connectivity index (χ3n) is 5.14. The van der Waals surface area contributed by atoms with Crippen molar-refractivity contribution in [2.24, 2.45) is 0 Å². The molecular formula is C19H28ClN3O2. The second kappa shape index (κ2) is 7.94. The van der Waals surface area contributed by atoms with Gasteiger partial charge in [0.25, 0.3) is 0 Å². The van der Waals surface area contributed by atoms with Crippen LogP contribution in [0, 0.1) is 0 Å². The van der Waals surface area contributed by atoms with Gasteiger partial charge in [0.05, 0.1) is 29.0 Å². The summed E-state index contributed by atoms with van der Waals surface area (Å²) in [6.07, 6.45) is 0.217. The Morgan fingerprint density at radius 3 is 2.32 bits per heavy atom. The van der Waals surface area contributed by atoms with Gasteiger partial charge in [0, 0.05) is 39.3 Å². The summed E-state index contributed by atoms with van der Waals surface area (Å²) >= 11 is 6.31. The van der Waals surface area contributed by atoms with Crippen LogP contribution >= 0.6 is 11.6 Å². The fourth-order valence-corrected chi connectivity index (χ4v) is 4.09. The van der Waals surface area contributed by atoms with E-state index in [4.69, 9.17) is 16.3 Å². The molecule has 2 aliphatic rings. The highest BCUT2D eigenvalue weighted by atomic mass is 35.5. The third kappa shape index (κ3) is 4.27. The van der Waals surface area contributed by atoms with Crippen LogP contribution in [0.3, 0.4) is 0 Å². The highest BCUT2D eigenvalue weighted by molar-refractivity contribution is 6.33. The van der Waals surface area contributed by atoms with Crippen LogP contribution in [0.2, 0.25) is 5.02 Å². The second-order valence-corrected chi connectivity index (χ2v) is 7.56. The zero-order valence-electron chi connectivity index (χ0n) is 15.3. The zero-order chi connectivity index (χ0) is 18.0. The van der Waals surface area contributed by atoms with Crippen molar-refractivity contribution in [3.8, 4) is 0 Å². The molecular weight excluding hydrogens is 338 g/mol. The first-order valence-corrected chi connectivity index (χ1v) is 9.51. The van der Waals surface area contributed by atoms with Crippen LogP contribution in [0.25, 0.3) is 0 Å². The average Bonchev–Trinajstić information content (AvgIpc) is 2.60. The summed E-state index contributed by atoms with van der Waals surface area (Å²) in [5.74, 6) is 0.216. The van der Waals surface area contributed by atoms with Gasteiger partial charge in [-0.1, -0.05) is 23.7 Å². The summed E-state index contributed by atoms with van der Waals surface area (Å²) in [7, 11) is 0. The first-order valence-electron chi connectivity index (χ1n) is 9.13. The number of ether oxygens (including phenoxy) is 1. The molecule has 0 aliphatic carbocycles. The minimum atomic E-state index is -0.0918. The first kappa shape index (κ1) is 18.5. The Hall–Kier alpha value is -1.30. The van der Waals surface area contributed by atoms with Crippen molar-refractivity contribution in [1.82, 2.24) is 9.80 Å². The van der Waals surface area contributed by atoms with E-state index in [2.05, 4.69) is 15.9 Å². The molecule has 0 unspecified atom stereocenters. The molecule has 3 rings (SSSR count). The molecule has 0 N–H and O–H groups in total. The number of morpholine rings is 1. The van der Waals surface area contributed by atoms with Gasteiger partial charge in [-0.15, -0.1) is 0 Å². The van der Waals surface area contributed by atoms with Crippen LogP contribution in [0.4, 0.5) is 5.69 Å². The van der Waals surface area contributed by atoms with E-state index in [9.17, 15) is 4.79 Å². The molecule has 0 saturated carbocycles. The fraction of sp³-hybridized carbons (Fsp3) is 0.632. The average molecular weight is 366 g/mol. The Balaban J connectivity index is 1.57. The van der Waals surface area contributed by atoms with Gasteiger partial charge in [0.15, 0.2) is 0 Å². The highest BCUT2D eigenvalue weighted by Gasteiger charge is 2.32. The molecule has 2 saturated heterocycles. The van der Waals surface area contributed by atoms with Crippen molar-refractivity contribution < 1.29 is 9.53 Å². The minimum absolute atomic E-state index is 0.0918. The van der Waals surface area contributed by atoms with E-state index >= 15 is 0 Å². The van der Waals surface area contributed by atoms with E-state index in [0.717, 1.165) is 36.9 Å². The molecule has 138 valence electrons. The predicted molar refractivity (Wildman–Crippen MR) is 101 cm³/mol. The van der Waals surface area contributed by atoms with E-state index in [1.165, 1.54) is 0 Å². The number of nitrogens with zero attached hydrogens (tertiary/aromatic N) is 3. The molecule has 6 heteroatoms. The Kier molecular flexibility index (Phi) is 5.87. The summed E-state index contributed by atoms with van der Waals surface area (Å²) in [6.45, 7) is 11.0. The molecule has 0 bridgehead atoms. The van der Waals surface area contributed by atoms with Gasteiger partial charge in [-0.05, 0) is 32.9 Å². The molecule has 0 radical (unpaired) electrons. The Bertz CT molecular complexity index is 594. The molecule has 1 aromatic rings. The van der Waals surface area contributed by atoms with Gasteiger partial charge < -0.3 is 14.5 Å². The van der Waals surface area contributed by atoms with Crippen molar-refractivity contribution in [2.75, 3.05) is 44.2 Å². The van der Waals surface area contributed by atoms with Crippen molar-refractivity contribution in [2.45, 2.75) is 39.0 Å². The van der Waals surface area contributed by atoms with Crippen LogP contribution in [0.5, 0.6) is 0 Å². The van der Waals surface area contributed by atoms with E-state index in [1.807, 2.05) is 43.9 Å². The summed E-state index contributed by atoms with van der Waals surface area (Å²) in [4.78, 5) is 19.4. The maximum atomic E-state index is 12.9. The topological polar surface area (TPSA) is 36.0 Å².